The molecule has 4 nitrogen and oxygen atoms in total. The van der Waals surface area contributed by atoms with Gasteiger partial charge >= 0.3 is 0 Å². The molecule has 1 aliphatic rings. The molecule has 1 amide bonds. The van der Waals surface area contributed by atoms with Crippen molar-refractivity contribution in [3.05, 3.63) is 23.6 Å². The molecule has 110 valence electrons. The van der Waals surface area contributed by atoms with Crippen molar-refractivity contribution < 1.29 is 9.18 Å². The van der Waals surface area contributed by atoms with Gasteiger partial charge in [-0.2, -0.15) is 0 Å². The Kier molecular flexibility index (Phi) is 4.93. The van der Waals surface area contributed by atoms with E-state index in [2.05, 4.69) is 22.5 Å². The number of aromatic nitrogens is 1. The molecule has 20 heavy (non-hydrogen) atoms. The lowest BCUT2D eigenvalue weighted by Gasteiger charge is -2.28. The van der Waals surface area contributed by atoms with Crippen LogP contribution < -0.4 is 10.6 Å². The van der Waals surface area contributed by atoms with Gasteiger partial charge in [0.2, 0.25) is 0 Å². The van der Waals surface area contributed by atoms with Crippen LogP contribution in [0.25, 0.3) is 0 Å². The molecule has 2 unspecified atom stereocenters. The molecular weight excluding hydrogens is 257 g/mol. The highest BCUT2D eigenvalue weighted by atomic mass is 19.1. The maximum absolute atomic E-state index is 13.2. The first-order valence-electron chi connectivity index (χ1n) is 7.23. The second-order valence-electron chi connectivity index (χ2n) is 5.53. The first kappa shape index (κ1) is 14.8. The minimum Gasteiger partial charge on any atom is -0.372 e. The highest BCUT2D eigenvalue weighted by Crippen LogP contribution is 2.29. The molecule has 1 aromatic rings. The number of carbonyl (C=O) groups is 1. The molecule has 1 saturated carbocycles. The summed E-state index contributed by atoms with van der Waals surface area (Å²) in [6.45, 7) is 2.89. The van der Waals surface area contributed by atoms with E-state index in [4.69, 9.17) is 0 Å². The van der Waals surface area contributed by atoms with Gasteiger partial charge in [-0.3, -0.25) is 4.79 Å². The highest BCUT2D eigenvalue weighted by molar-refractivity contribution is 5.98. The van der Waals surface area contributed by atoms with E-state index >= 15 is 0 Å². The van der Waals surface area contributed by atoms with Gasteiger partial charge in [-0.15, -0.1) is 0 Å². The van der Waals surface area contributed by atoms with E-state index in [1.54, 1.807) is 7.05 Å². The van der Waals surface area contributed by atoms with Gasteiger partial charge in [0.05, 0.1) is 11.8 Å². The van der Waals surface area contributed by atoms with Gasteiger partial charge in [-0.25, -0.2) is 9.37 Å². The van der Waals surface area contributed by atoms with E-state index in [0.717, 1.165) is 12.6 Å². The Bertz CT molecular complexity index is 478. The van der Waals surface area contributed by atoms with Gasteiger partial charge in [-0.05, 0) is 24.3 Å². The Morgan fingerprint density at radius 1 is 1.45 bits per heavy atom. The van der Waals surface area contributed by atoms with Gasteiger partial charge < -0.3 is 10.6 Å². The molecule has 1 heterocycles. The largest absolute Gasteiger partial charge is 0.372 e. The third kappa shape index (κ3) is 3.46. The molecule has 1 aliphatic carbocycles. The Balaban J connectivity index is 1.99. The lowest BCUT2D eigenvalue weighted by molar-refractivity contribution is 0.0936. The average Bonchev–Trinajstić information content (AvgIpc) is 2.46. The summed E-state index contributed by atoms with van der Waals surface area (Å²) in [5, 5.41) is 5.73. The Labute approximate surface area is 119 Å². The number of pyridine rings is 1. The summed E-state index contributed by atoms with van der Waals surface area (Å²) in [7, 11) is 1.67. The number of halogens is 1. The average molecular weight is 279 g/mol. The zero-order valence-corrected chi connectivity index (χ0v) is 12.1. The van der Waals surface area contributed by atoms with E-state index in [1.807, 2.05) is 0 Å². The van der Waals surface area contributed by atoms with Crippen LogP contribution in [-0.4, -0.2) is 24.5 Å². The van der Waals surface area contributed by atoms with E-state index in [-0.39, 0.29) is 11.5 Å². The molecule has 0 aromatic carbocycles. The number of hydrogen-bond donors (Lipinski definition) is 2. The topological polar surface area (TPSA) is 54.0 Å². The summed E-state index contributed by atoms with van der Waals surface area (Å²) in [4.78, 5) is 16.0. The van der Waals surface area contributed by atoms with Crippen LogP contribution >= 0.6 is 0 Å². The van der Waals surface area contributed by atoms with Gasteiger partial charge in [0.15, 0.2) is 0 Å². The molecule has 2 rings (SSSR count). The van der Waals surface area contributed by atoms with Crippen molar-refractivity contribution in [2.75, 3.05) is 18.9 Å². The van der Waals surface area contributed by atoms with Crippen molar-refractivity contribution in [1.82, 2.24) is 10.3 Å². The van der Waals surface area contributed by atoms with E-state index < -0.39 is 5.82 Å². The number of carbonyl (C=O) groups excluding carboxylic acids is 1. The SMILES string of the molecule is CNc1ncc(F)cc1C(=O)NCC1CCCCC1C. The monoisotopic (exact) mass is 279 g/mol. The smallest absolute Gasteiger partial charge is 0.255 e. The third-order valence-electron chi connectivity index (χ3n) is 4.15. The van der Waals surface area contributed by atoms with E-state index in [9.17, 15) is 9.18 Å². The van der Waals surface area contributed by atoms with Crippen molar-refractivity contribution in [3.8, 4) is 0 Å². The molecule has 5 heteroatoms. The molecule has 0 bridgehead atoms. The van der Waals surface area contributed by atoms with Crippen LogP contribution in [0.2, 0.25) is 0 Å². The predicted octanol–water partition coefficient (Wildman–Crippen LogP) is 2.82. The second-order valence-corrected chi connectivity index (χ2v) is 5.53. The lowest BCUT2D eigenvalue weighted by atomic mass is 9.80. The van der Waals surface area contributed by atoms with E-state index in [1.165, 1.54) is 25.3 Å². The molecule has 1 aromatic heterocycles. The van der Waals surface area contributed by atoms with Crippen molar-refractivity contribution in [1.29, 1.82) is 0 Å². The Hall–Kier alpha value is -1.65. The number of anilines is 1. The van der Waals surface area contributed by atoms with Crippen molar-refractivity contribution in [2.24, 2.45) is 11.8 Å². The molecule has 1 fully saturated rings. The fourth-order valence-electron chi connectivity index (χ4n) is 2.83. The lowest BCUT2D eigenvalue weighted by Crippen LogP contribution is -2.33. The van der Waals surface area contributed by atoms with Crippen molar-refractivity contribution >= 4 is 11.7 Å². The standard InChI is InChI=1S/C15H22FN3O/c1-10-5-3-4-6-11(10)8-19-15(20)13-7-12(16)9-18-14(13)17-2/h7,9-11H,3-6,8H2,1-2H3,(H,17,18)(H,19,20). The Morgan fingerprint density at radius 3 is 2.90 bits per heavy atom. The van der Waals surface area contributed by atoms with Crippen molar-refractivity contribution in [2.45, 2.75) is 32.6 Å². The minimum absolute atomic E-state index is 0.260. The molecule has 0 spiro atoms. The number of nitrogens with zero attached hydrogens (tertiary/aromatic N) is 1. The van der Waals surface area contributed by atoms with Gasteiger partial charge in [0.1, 0.15) is 11.6 Å². The molecule has 2 atom stereocenters. The normalized spacial score (nSPS) is 22.4. The zero-order chi connectivity index (χ0) is 14.5. The first-order chi connectivity index (χ1) is 9.61. The van der Waals surface area contributed by atoms with Crippen LogP contribution in [0.5, 0.6) is 0 Å². The van der Waals surface area contributed by atoms with Crippen LogP contribution in [0.1, 0.15) is 43.0 Å². The van der Waals surface area contributed by atoms with Crippen LogP contribution in [0.4, 0.5) is 10.2 Å². The summed E-state index contributed by atoms with van der Waals surface area (Å²) in [5.41, 5.74) is 0.260. The number of hydrogen-bond acceptors (Lipinski definition) is 3. The third-order valence-corrected chi connectivity index (χ3v) is 4.15. The van der Waals surface area contributed by atoms with Crippen LogP contribution in [0.15, 0.2) is 12.3 Å². The number of amides is 1. The fraction of sp³-hybridized carbons (Fsp3) is 0.600. The van der Waals surface area contributed by atoms with Gasteiger partial charge in [0, 0.05) is 13.6 Å². The van der Waals surface area contributed by atoms with Crippen molar-refractivity contribution in [3.63, 3.8) is 0 Å². The molecule has 0 saturated heterocycles. The second kappa shape index (κ2) is 6.68. The maximum atomic E-state index is 13.2. The van der Waals surface area contributed by atoms with Crippen LogP contribution in [0.3, 0.4) is 0 Å². The van der Waals surface area contributed by atoms with Gasteiger partial charge in [0.25, 0.3) is 5.91 Å². The number of nitrogens with one attached hydrogen (secondary N) is 2. The molecular formula is C15H22FN3O. The predicted molar refractivity (Wildman–Crippen MR) is 77.2 cm³/mol. The van der Waals surface area contributed by atoms with E-state index in [0.29, 0.717) is 24.2 Å². The van der Waals surface area contributed by atoms with Crippen LogP contribution in [0, 0.1) is 17.7 Å². The molecule has 0 aliphatic heterocycles. The molecule has 2 N–H and O–H groups in total. The number of rotatable bonds is 4. The fourth-order valence-corrected chi connectivity index (χ4v) is 2.83. The zero-order valence-electron chi connectivity index (χ0n) is 12.1. The summed E-state index contributed by atoms with van der Waals surface area (Å²) >= 11 is 0. The first-order valence-corrected chi connectivity index (χ1v) is 7.23. The molecule has 0 radical (unpaired) electrons. The minimum atomic E-state index is -0.500. The summed E-state index contributed by atoms with van der Waals surface area (Å²) < 4.78 is 13.2. The Morgan fingerprint density at radius 2 is 2.20 bits per heavy atom. The quantitative estimate of drug-likeness (QED) is 0.891. The summed E-state index contributed by atoms with van der Waals surface area (Å²) in [6.07, 6.45) is 5.99. The van der Waals surface area contributed by atoms with Crippen LogP contribution in [-0.2, 0) is 0 Å². The summed E-state index contributed by atoms with van der Waals surface area (Å²) in [6, 6.07) is 1.22. The van der Waals surface area contributed by atoms with Gasteiger partial charge in [-0.1, -0.05) is 26.2 Å². The summed E-state index contributed by atoms with van der Waals surface area (Å²) in [5.74, 6) is 0.797. The highest BCUT2D eigenvalue weighted by Gasteiger charge is 2.22. The maximum Gasteiger partial charge on any atom is 0.255 e.